The molecule has 0 fully saturated rings. The summed E-state index contributed by atoms with van der Waals surface area (Å²) in [5.41, 5.74) is 6.57. The highest BCUT2D eigenvalue weighted by molar-refractivity contribution is 6.30. The number of carbonyl (C=O) groups excluding carboxylic acids is 2. The predicted octanol–water partition coefficient (Wildman–Crippen LogP) is 1.49. The minimum Gasteiger partial charge on any atom is -0.393 e. The van der Waals surface area contributed by atoms with Crippen molar-refractivity contribution in [2.75, 3.05) is 18.9 Å². The van der Waals surface area contributed by atoms with Gasteiger partial charge in [-0.05, 0) is 43.0 Å². The standard InChI is InChI=1S/C20H25ClFN7O2/c1-25-20(31)16(23)12-29(24)10-3-2-6-14-8-9-17(28-27-14)26-18(30)11-13-5-4-7-15(21)19(13)22/h4-5,7-9,12H,2-3,6,10-11,23-24H2,1H3,(H,25,31)(H,26,28,30)/b16-12-. The summed E-state index contributed by atoms with van der Waals surface area (Å²) in [4.78, 5) is 23.4. The van der Waals surface area contributed by atoms with E-state index in [1.54, 1.807) is 18.2 Å². The van der Waals surface area contributed by atoms with Crippen LogP contribution in [0.4, 0.5) is 10.2 Å². The van der Waals surface area contributed by atoms with Crippen molar-refractivity contribution in [3.63, 3.8) is 0 Å². The zero-order valence-corrected chi connectivity index (χ0v) is 17.8. The third-order valence-corrected chi connectivity index (χ3v) is 4.56. The van der Waals surface area contributed by atoms with Crippen molar-refractivity contribution in [1.29, 1.82) is 0 Å². The van der Waals surface area contributed by atoms with Crippen LogP contribution < -0.4 is 22.2 Å². The van der Waals surface area contributed by atoms with Gasteiger partial charge < -0.3 is 21.4 Å². The lowest BCUT2D eigenvalue weighted by Crippen LogP contribution is -2.32. The number of likely N-dealkylation sites (N-methyl/N-ethyl adjacent to an activating group) is 1. The first-order chi connectivity index (χ1) is 14.8. The molecule has 6 N–H and O–H groups in total. The fourth-order valence-corrected chi connectivity index (χ4v) is 2.85. The number of amides is 2. The van der Waals surface area contributed by atoms with Gasteiger partial charge in [0.2, 0.25) is 5.91 Å². The molecule has 1 aromatic carbocycles. The van der Waals surface area contributed by atoms with Gasteiger partial charge in [-0.1, -0.05) is 23.7 Å². The van der Waals surface area contributed by atoms with Crippen molar-refractivity contribution < 1.29 is 14.0 Å². The minimum atomic E-state index is -0.608. The lowest BCUT2D eigenvalue weighted by molar-refractivity contribution is -0.117. The molecule has 9 nitrogen and oxygen atoms in total. The Morgan fingerprint density at radius 3 is 2.68 bits per heavy atom. The maximum absolute atomic E-state index is 13.9. The molecule has 0 saturated heterocycles. The summed E-state index contributed by atoms with van der Waals surface area (Å²) in [6, 6.07) is 7.90. The number of hydrogen-bond donors (Lipinski definition) is 4. The lowest BCUT2D eigenvalue weighted by Gasteiger charge is -2.14. The highest BCUT2D eigenvalue weighted by atomic mass is 35.5. The van der Waals surface area contributed by atoms with E-state index in [-0.39, 0.29) is 28.5 Å². The van der Waals surface area contributed by atoms with E-state index in [2.05, 4.69) is 20.8 Å². The summed E-state index contributed by atoms with van der Waals surface area (Å²) >= 11 is 5.72. The Kier molecular flexibility index (Phi) is 9.16. The van der Waals surface area contributed by atoms with Crippen LogP contribution in [0, 0.1) is 5.82 Å². The average molecular weight is 450 g/mol. The number of benzene rings is 1. The Morgan fingerprint density at radius 2 is 2.00 bits per heavy atom. The van der Waals surface area contributed by atoms with Gasteiger partial charge in [0, 0.05) is 19.8 Å². The van der Waals surface area contributed by atoms with Gasteiger partial charge in [-0.2, -0.15) is 5.10 Å². The number of halogens is 2. The third kappa shape index (κ3) is 7.83. The van der Waals surface area contributed by atoms with Crippen LogP contribution >= 0.6 is 11.6 Å². The van der Waals surface area contributed by atoms with Gasteiger partial charge in [-0.15, -0.1) is 5.10 Å². The zero-order chi connectivity index (χ0) is 22.8. The second-order valence-corrected chi connectivity index (χ2v) is 7.11. The summed E-state index contributed by atoms with van der Waals surface area (Å²) < 4.78 is 13.9. The van der Waals surface area contributed by atoms with Crippen molar-refractivity contribution >= 4 is 29.2 Å². The molecular formula is C20H25ClFN7O2. The normalized spacial score (nSPS) is 11.2. The van der Waals surface area contributed by atoms with Gasteiger partial charge in [0.15, 0.2) is 5.82 Å². The number of carbonyl (C=O) groups is 2. The number of hydrogen-bond acceptors (Lipinski definition) is 7. The average Bonchev–Trinajstić information content (AvgIpc) is 2.75. The number of nitrogens with two attached hydrogens (primary N) is 2. The van der Waals surface area contributed by atoms with E-state index in [0.717, 1.165) is 18.5 Å². The molecule has 2 aromatic rings. The van der Waals surface area contributed by atoms with Crippen LogP contribution in [-0.2, 0) is 22.4 Å². The molecule has 0 saturated carbocycles. The van der Waals surface area contributed by atoms with E-state index < -0.39 is 17.6 Å². The Balaban J connectivity index is 1.76. The first-order valence-corrected chi connectivity index (χ1v) is 9.94. The van der Waals surface area contributed by atoms with Crippen LogP contribution in [0.5, 0.6) is 0 Å². The van der Waals surface area contributed by atoms with Crippen molar-refractivity contribution in [3.05, 3.63) is 64.3 Å². The van der Waals surface area contributed by atoms with Crippen LogP contribution in [0.25, 0.3) is 0 Å². The fraction of sp³-hybridized carbons (Fsp3) is 0.300. The van der Waals surface area contributed by atoms with Crippen LogP contribution in [0.1, 0.15) is 24.1 Å². The number of unbranched alkanes of at least 4 members (excludes halogenated alkanes) is 1. The Bertz CT molecular complexity index is 938. The highest BCUT2D eigenvalue weighted by Crippen LogP contribution is 2.18. The smallest absolute Gasteiger partial charge is 0.268 e. The van der Waals surface area contributed by atoms with E-state index in [0.29, 0.717) is 13.0 Å². The van der Waals surface area contributed by atoms with Crippen LogP contribution in [0.2, 0.25) is 5.02 Å². The molecule has 2 rings (SSSR count). The monoisotopic (exact) mass is 449 g/mol. The molecular weight excluding hydrogens is 425 g/mol. The first kappa shape index (κ1) is 24.0. The number of nitrogens with zero attached hydrogens (tertiary/aromatic N) is 3. The van der Waals surface area contributed by atoms with Gasteiger partial charge in [-0.3, -0.25) is 9.59 Å². The second kappa shape index (κ2) is 11.8. The molecule has 0 radical (unpaired) electrons. The number of nitrogens with one attached hydrogen (secondary N) is 2. The maximum Gasteiger partial charge on any atom is 0.268 e. The summed E-state index contributed by atoms with van der Waals surface area (Å²) in [6.45, 7) is 0.513. The number of rotatable bonds is 10. The number of aromatic nitrogens is 2. The Hall–Kier alpha value is -3.24. The van der Waals surface area contributed by atoms with E-state index in [1.807, 2.05) is 0 Å². The number of anilines is 1. The summed E-state index contributed by atoms with van der Waals surface area (Å²) in [5.74, 6) is 4.64. The van der Waals surface area contributed by atoms with E-state index in [9.17, 15) is 14.0 Å². The molecule has 31 heavy (non-hydrogen) atoms. The summed E-state index contributed by atoms with van der Waals surface area (Å²) in [5, 5.41) is 14.4. The van der Waals surface area contributed by atoms with Crippen molar-refractivity contribution in [2.24, 2.45) is 11.6 Å². The van der Waals surface area contributed by atoms with E-state index in [1.165, 1.54) is 30.4 Å². The molecule has 0 unspecified atom stereocenters. The van der Waals surface area contributed by atoms with Crippen molar-refractivity contribution in [1.82, 2.24) is 20.5 Å². The second-order valence-electron chi connectivity index (χ2n) is 6.71. The first-order valence-electron chi connectivity index (χ1n) is 9.56. The summed E-state index contributed by atoms with van der Waals surface area (Å²) in [6.07, 6.45) is 3.42. The Labute approximate surface area is 184 Å². The van der Waals surface area contributed by atoms with Crippen LogP contribution in [0.3, 0.4) is 0 Å². The van der Waals surface area contributed by atoms with Gasteiger partial charge in [-0.25, -0.2) is 10.2 Å². The van der Waals surface area contributed by atoms with Gasteiger partial charge >= 0.3 is 0 Å². The lowest BCUT2D eigenvalue weighted by atomic mass is 10.1. The molecule has 0 bridgehead atoms. The number of hydrazine groups is 1. The zero-order valence-electron chi connectivity index (χ0n) is 17.1. The SMILES string of the molecule is CNC(=O)/C(N)=C/N(N)CCCCc1ccc(NC(=O)Cc2cccc(Cl)c2F)nn1. The maximum atomic E-state index is 13.9. The molecule has 11 heteroatoms. The number of aryl methyl sites for hydroxylation is 1. The molecule has 0 atom stereocenters. The molecule has 0 aliphatic rings. The third-order valence-electron chi connectivity index (χ3n) is 4.26. The van der Waals surface area contributed by atoms with Crippen molar-refractivity contribution in [2.45, 2.75) is 25.7 Å². The topological polar surface area (TPSA) is 139 Å². The molecule has 0 aliphatic carbocycles. The molecule has 0 aliphatic heterocycles. The molecule has 166 valence electrons. The molecule has 0 spiro atoms. The predicted molar refractivity (Wildman–Crippen MR) is 116 cm³/mol. The van der Waals surface area contributed by atoms with E-state index in [4.69, 9.17) is 23.2 Å². The summed E-state index contributed by atoms with van der Waals surface area (Å²) in [7, 11) is 1.49. The molecule has 2 amide bonds. The largest absolute Gasteiger partial charge is 0.393 e. The van der Waals surface area contributed by atoms with Gasteiger partial charge in [0.05, 0.1) is 17.1 Å². The fourth-order valence-electron chi connectivity index (χ4n) is 2.65. The minimum absolute atomic E-state index is 0.0295. The van der Waals surface area contributed by atoms with Gasteiger partial charge in [0.25, 0.3) is 5.91 Å². The quantitative estimate of drug-likeness (QED) is 0.186. The Morgan fingerprint density at radius 1 is 1.23 bits per heavy atom. The van der Waals surface area contributed by atoms with E-state index >= 15 is 0 Å². The van der Waals surface area contributed by atoms with Crippen LogP contribution in [0.15, 0.2) is 42.2 Å². The highest BCUT2D eigenvalue weighted by Gasteiger charge is 2.11. The van der Waals surface area contributed by atoms with Crippen molar-refractivity contribution in [3.8, 4) is 0 Å². The molecule has 1 aromatic heterocycles. The molecule has 1 heterocycles. The van der Waals surface area contributed by atoms with Crippen LogP contribution in [-0.4, -0.2) is 40.6 Å². The van der Waals surface area contributed by atoms with Gasteiger partial charge in [0.1, 0.15) is 11.5 Å².